The summed E-state index contributed by atoms with van der Waals surface area (Å²) in [4.78, 5) is 14.3. The zero-order chi connectivity index (χ0) is 10.7. The van der Waals surface area contributed by atoms with E-state index in [1.807, 2.05) is 0 Å². The van der Waals surface area contributed by atoms with Gasteiger partial charge in [-0.15, -0.1) is 0 Å². The smallest absolute Gasteiger partial charge is 0.264 e. The van der Waals surface area contributed by atoms with Crippen molar-refractivity contribution in [2.45, 2.75) is 11.8 Å². The molecule has 76 valence electrons. The van der Waals surface area contributed by atoms with E-state index in [0.29, 0.717) is 16.5 Å². The monoisotopic (exact) mass is 327 g/mol. The van der Waals surface area contributed by atoms with Crippen LogP contribution in [0, 0.1) is 0 Å². The molecule has 0 bridgehead atoms. The molecule has 0 radical (unpaired) electrons. The lowest BCUT2D eigenvalue weighted by atomic mass is 10.1. The van der Waals surface area contributed by atoms with Gasteiger partial charge in [-0.3, -0.25) is 4.79 Å². The van der Waals surface area contributed by atoms with Crippen LogP contribution >= 0.6 is 31.9 Å². The van der Waals surface area contributed by atoms with Crippen molar-refractivity contribution < 1.29 is 13.6 Å². The molecule has 2 nitrogen and oxygen atoms in total. The van der Waals surface area contributed by atoms with Crippen LogP contribution in [0.2, 0.25) is 0 Å². The molecule has 0 aliphatic heterocycles. The molecule has 0 aromatic carbocycles. The Labute approximate surface area is 96.0 Å². The third-order valence-electron chi connectivity index (χ3n) is 1.68. The number of pyridine rings is 1. The molecule has 0 aliphatic carbocycles. The summed E-state index contributed by atoms with van der Waals surface area (Å²) in [5.74, 6) is 0. The zero-order valence-electron chi connectivity index (χ0n) is 6.81. The number of hydrogen-bond acceptors (Lipinski definition) is 2. The number of carbonyl (C=O) groups is 1. The van der Waals surface area contributed by atoms with Gasteiger partial charge in [0.05, 0.1) is 0 Å². The molecule has 0 atom stereocenters. The molecule has 1 heterocycles. The molecule has 14 heavy (non-hydrogen) atoms. The fourth-order valence-electron chi connectivity index (χ4n) is 1.04. The van der Waals surface area contributed by atoms with Crippen LogP contribution in [0.4, 0.5) is 8.78 Å². The van der Waals surface area contributed by atoms with E-state index in [2.05, 4.69) is 36.8 Å². The highest BCUT2D eigenvalue weighted by Gasteiger charge is 2.19. The van der Waals surface area contributed by atoms with Crippen molar-refractivity contribution in [2.75, 3.05) is 0 Å². The van der Waals surface area contributed by atoms with Crippen molar-refractivity contribution in [3.8, 4) is 0 Å². The Morgan fingerprint density at radius 1 is 1.57 bits per heavy atom. The minimum absolute atomic E-state index is 0.0716. The molecule has 6 heteroatoms. The van der Waals surface area contributed by atoms with Gasteiger partial charge in [0.2, 0.25) is 0 Å². The molecule has 0 spiro atoms. The number of halogens is 4. The largest absolute Gasteiger partial charge is 0.298 e. The first kappa shape index (κ1) is 11.7. The fourth-order valence-corrected chi connectivity index (χ4v) is 2.44. The lowest BCUT2D eigenvalue weighted by molar-refractivity contribution is 0.110. The third kappa shape index (κ3) is 2.17. The van der Waals surface area contributed by atoms with Gasteiger partial charge in [-0.2, -0.15) is 0 Å². The average molecular weight is 329 g/mol. The standard InChI is InChI=1S/C8H5Br2F2NO/c9-1-5-6(8(11)12)4(3-14)2-13-7(5)10/h2-3,8H,1H2. The Morgan fingerprint density at radius 2 is 2.21 bits per heavy atom. The van der Waals surface area contributed by atoms with E-state index in [1.165, 1.54) is 0 Å². The fraction of sp³-hybridized carbons (Fsp3) is 0.250. The summed E-state index contributed by atoms with van der Waals surface area (Å²) in [6, 6.07) is 0. The van der Waals surface area contributed by atoms with Crippen molar-refractivity contribution in [2.24, 2.45) is 0 Å². The molecule has 0 unspecified atom stereocenters. The molecule has 1 rings (SSSR count). The van der Waals surface area contributed by atoms with Gasteiger partial charge in [0.15, 0.2) is 6.29 Å². The second-order valence-electron chi connectivity index (χ2n) is 2.45. The van der Waals surface area contributed by atoms with Crippen molar-refractivity contribution in [3.05, 3.63) is 27.5 Å². The van der Waals surface area contributed by atoms with E-state index < -0.39 is 6.43 Å². The average Bonchev–Trinajstić information content (AvgIpc) is 2.17. The lowest BCUT2D eigenvalue weighted by Crippen LogP contribution is -2.01. The van der Waals surface area contributed by atoms with Crippen LogP contribution in [0.1, 0.15) is 27.9 Å². The molecular weight excluding hydrogens is 324 g/mol. The minimum Gasteiger partial charge on any atom is -0.298 e. The van der Waals surface area contributed by atoms with Gasteiger partial charge in [0.25, 0.3) is 6.43 Å². The Kier molecular flexibility index (Phi) is 4.12. The number of rotatable bonds is 3. The maximum absolute atomic E-state index is 12.6. The summed E-state index contributed by atoms with van der Waals surface area (Å²) in [6.07, 6.45) is -1.17. The Hall–Kier alpha value is -0.360. The van der Waals surface area contributed by atoms with Gasteiger partial charge in [-0.25, -0.2) is 13.8 Å². The topological polar surface area (TPSA) is 30.0 Å². The van der Waals surface area contributed by atoms with Gasteiger partial charge in [-0.1, -0.05) is 15.9 Å². The summed E-state index contributed by atoms with van der Waals surface area (Å²) in [6.45, 7) is 0. The van der Waals surface area contributed by atoms with Gasteiger partial charge in [0.1, 0.15) is 4.60 Å². The molecule has 0 saturated carbocycles. The van der Waals surface area contributed by atoms with Gasteiger partial charge >= 0.3 is 0 Å². The number of carbonyl (C=O) groups excluding carboxylic acids is 1. The van der Waals surface area contributed by atoms with Gasteiger partial charge in [-0.05, 0) is 15.9 Å². The molecule has 0 N–H and O–H groups in total. The highest BCUT2D eigenvalue weighted by Crippen LogP contribution is 2.31. The van der Waals surface area contributed by atoms with E-state index in [-0.39, 0.29) is 16.5 Å². The van der Waals surface area contributed by atoms with Gasteiger partial charge < -0.3 is 0 Å². The van der Waals surface area contributed by atoms with Crippen LogP contribution in [0.25, 0.3) is 0 Å². The van der Waals surface area contributed by atoms with Gasteiger partial charge in [0, 0.05) is 28.2 Å². The molecule has 0 aliphatic rings. The van der Waals surface area contributed by atoms with E-state index >= 15 is 0 Å². The van der Waals surface area contributed by atoms with Crippen LogP contribution in [-0.4, -0.2) is 11.3 Å². The van der Waals surface area contributed by atoms with Crippen molar-refractivity contribution in [1.82, 2.24) is 4.98 Å². The number of nitrogens with zero attached hydrogens (tertiary/aromatic N) is 1. The van der Waals surface area contributed by atoms with E-state index in [1.54, 1.807) is 0 Å². The summed E-state index contributed by atoms with van der Waals surface area (Å²) < 4.78 is 25.6. The number of alkyl halides is 3. The molecular formula is C8H5Br2F2NO. The van der Waals surface area contributed by atoms with Crippen molar-refractivity contribution in [3.63, 3.8) is 0 Å². The minimum atomic E-state index is -2.68. The SMILES string of the molecule is O=Cc1cnc(Br)c(CBr)c1C(F)F. The number of aldehydes is 1. The quantitative estimate of drug-likeness (QED) is 0.483. The zero-order valence-corrected chi connectivity index (χ0v) is 9.98. The predicted octanol–water partition coefficient (Wildman–Crippen LogP) is 3.49. The highest BCUT2D eigenvalue weighted by molar-refractivity contribution is 9.10. The number of aromatic nitrogens is 1. The second-order valence-corrected chi connectivity index (χ2v) is 3.76. The van der Waals surface area contributed by atoms with E-state index in [9.17, 15) is 13.6 Å². The molecule has 0 amide bonds. The lowest BCUT2D eigenvalue weighted by Gasteiger charge is -2.09. The summed E-state index contributed by atoms with van der Waals surface area (Å²) >= 11 is 6.12. The predicted molar refractivity (Wildman–Crippen MR) is 54.9 cm³/mol. The maximum Gasteiger partial charge on any atom is 0.264 e. The Morgan fingerprint density at radius 3 is 2.64 bits per heavy atom. The molecule has 1 aromatic heterocycles. The van der Waals surface area contributed by atoms with E-state index in [0.717, 1.165) is 6.20 Å². The Bertz CT molecular complexity index is 357. The molecule has 1 aromatic rings. The first-order valence-electron chi connectivity index (χ1n) is 3.58. The summed E-state index contributed by atoms with van der Waals surface area (Å²) in [7, 11) is 0. The molecule has 0 saturated heterocycles. The number of hydrogen-bond donors (Lipinski definition) is 0. The van der Waals surface area contributed by atoms with E-state index in [4.69, 9.17) is 0 Å². The van der Waals surface area contributed by atoms with Crippen molar-refractivity contribution in [1.29, 1.82) is 0 Å². The first-order valence-corrected chi connectivity index (χ1v) is 5.49. The Balaban J connectivity index is 3.43. The van der Waals surface area contributed by atoms with Crippen LogP contribution in [0.15, 0.2) is 10.8 Å². The first-order chi connectivity index (χ1) is 6.61. The normalized spacial score (nSPS) is 10.6. The van der Waals surface area contributed by atoms with Crippen LogP contribution in [0.3, 0.4) is 0 Å². The van der Waals surface area contributed by atoms with Crippen LogP contribution in [0.5, 0.6) is 0 Å². The summed E-state index contributed by atoms with van der Waals surface area (Å²) in [5, 5.41) is 0.224. The van der Waals surface area contributed by atoms with Crippen LogP contribution < -0.4 is 0 Å². The highest BCUT2D eigenvalue weighted by atomic mass is 79.9. The molecule has 0 fully saturated rings. The summed E-state index contributed by atoms with van der Waals surface area (Å²) in [5.41, 5.74) is -0.0269. The van der Waals surface area contributed by atoms with Crippen LogP contribution in [-0.2, 0) is 5.33 Å². The third-order valence-corrected chi connectivity index (χ3v) is 2.93. The maximum atomic E-state index is 12.6. The second kappa shape index (κ2) is 4.93. The van der Waals surface area contributed by atoms with Crippen molar-refractivity contribution >= 4 is 38.1 Å².